The number of nitrogens with one attached hydrogen (secondary N) is 3. The molecule has 6 N–H and O–H groups in total. The maximum absolute atomic E-state index is 15.4. The lowest BCUT2D eigenvalue weighted by Gasteiger charge is -2.57. The molecule has 1 saturated heterocycles. The van der Waals surface area contributed by atoms with E-state index in [2.05, 4.69) is 47.2 Å². The van der Waals surface area contributed by atoms with Crippen molar-refractivity contribution in [3.05, 3.63) is 81.7 Å². The standard InChI is InChI=1S/C60H82N4O9S2/c1-2-59(24-6-7-25-59)31-47-44-17-16-43-42-22-26-60(54(43)53(44)57(70)72-47)48-19-18-41(38-14-12-36(13-15-38)29-37(34-66)9-8-28-65)56(62-32-46(67)39-10-4-3-5-11-39)75-74-35-63-49-30-40(23-27-61-49)45(52(42)55(60)58(71)73-48)33-64-50(68)20-21-51(64)69/h19-21,23,30-31,36-39,41-43,45-46,54,56,61-63,65-67H,2-18,22,24-29,32-35H2,1H3/b47-31-,48-19-/t36?,37-,38?,41+,42+,43+,45+,46+,54-,56-,60+/m1/s1. The Balaban J connectivity index is 1.03. The van der Waals surface area contributed by atoms with E-state index in [0.717, 1.165) is 143 Å². The van der Waals surface area contributed by atoms with E-state index < -0.39 is 17.4 Å². The second-order valence-corrected chi connectivity index (χ2v) is 26.8. The van der Waals surface area contributed by atoms with Crippen LogP contribution in [0, 0.1) is 64.1 Å². The van der Waals surface area contributed by atoms with Crippen LogP contribution in [0.3, 0.4) is 0 Å². The van der Waals surface area contributed by atoms with Gasteiger partial charge in [0, 0.05) is 68.0 Å². The Morgan fingerprint density at radius 2 is 1.68 bits per heavy atom. The van der Waals surface area contributed by atoms with Crippen LogP contribution in [0.2, 0.25) is 0 Å². The Kier molecular flexibility index (Phi) is 16.4. The fourth-order valence-electron chi connectivity index (χ4n) is 16.6. The van der Waals surface area contributed by atoms with E-state index in [-0.39, 0.29) is 89.8 Å². The van der Waals surface area contributed by atoms with Crippen LogP contribution in [-0.4, -0.2) is 94.2 Å². The van der Waals surface area contributed by atoms with Gasteiger partial charge in [-0.1, -0.05) is 79.5 Å². The van der Waals surface area contributed by atoms with Crippen LogP contribution in [-0.2, 0) is 28.7 Å². The van der Waals surface area contributed by atoms with Crippen LogP contribution in [0.25, 0.3) is 0 Å². The number of dihydropyridines is 1. The Morgan fingerprint density at radius 3 is 2.43 bits per heavy atom. The molecule has 0 aromatic carbocycles. The molecule has 0 radical (unpaired) electrons. The molecule has 5 fully saturated rings. The van der Waals surface area contributed by atoms with E-state index in [1.54, 1.807) is 10.8 Å². The van der Waals surface area contributed by atoms with Gasteiger partial charge in [-0.2, -0.15) is 0 Å². The number of esters is 2. The number of fused-ring (bicyclic) bond motifs is 2. The number of cyclic esters (lactones) is 1. The van der Waals surface area contributed by atoms with Crippen molar-refractivity contribution in [2.75, 3.05) is 38.7 Å². The first-order chi connectivity index (χ1) is 36.5. The van der Waals surface area contributed by atoms with E-state index in [9.17, 15) is 29.7 Å². The third kappa shape index (κ3) is 10.3. The van der Waals surface area contributed by atoms with Crippen LogP contribution < -0.4 is 16.0 Å². The van der Waals surface area contributed by atoms with Gasteiger partial charge in [0.2, 0.25) is 0 Å². The van der Waals surface area contributed by atoms with E-state index in [0.29, 0.717) is 67.8 Å². The van der Waals surface area contributed by atoms with E-state index in [4.69, 9.17) is 9.47 Å². The normalized spacial score (nSPS) is 35.8. The Bertz CT molecular complexity index is 2420. The summed E-state index contributed by atoms with van der Waals surface area (Å²) in [6, 6.07) is 0. The number of amides is 2. The fraction of sp³-hybridized carbons (Fsp3) is 0.700. The summed E-state index contributed by atoms with van der Waals surface area (Å²) in [6.45, 7) is 3.63. The predicted octanol–water partition coefficient (Wildman–Crippen LogP) is 9.16. The maximum atomic E-state index is 15.4. The van der Waals surface area contributed by atoms with Gasteiger partial charge in [-0.15, -0.1) is 0 Å². The number of allylic oxidation sites excluding steroid dienone is 5. The summed E-state index contributed by atoms with van der Waals surface area (Å²) in [5.74, 6) is 1.86. The van der Waals surface area contributed by atoms with Gasteiger partial charge >= 0.3 is 11.9 Å². The van der Waals surface area contributed by atoms with Crippen LogP contribution in [0.1, 0.15) is 148 Å². The molecule has 75 heavy (non-hydrogen) atoms. The average Bonchev–Trinajstić information content (AvgIpc) is 4.21. The van der Waals surface area contributed by atoms with Crippen molar-refractivity contribution in [3.63, 3.8) is 0 Å². The second-order valence-electron chi connectivity index (χ2n) is 24.3. The third-order valence-electron chi connectivity index (χ3n) is 20.5. The lowest BCUT2D eigenvalue weighted by molar-refractivity contribution is -0.138. The molecule has 408 valence electrons. The minimum absolute atomic E-state index is 0.00464. The van der Waals surface area contributed by atoms with Crippen LogP contribution >= 0.6 is 21.6 Å². The molecule has 5 heterocycles. The molecule has 13 nitrogen and oxygen atoms in total. The molecule has 5 aliphatic heterocycles. The number of carbonyl (C=O) groups is 4. The minimum Gasteiger partial charge on any atom is -0.427 e. The molecule has 7 aliphatic carbocycles. The van der Waals surface area contributed by atoms with Gasteiger partial charge in [0.1, 0.15) is 11.5 Å². The number of carbonyl (C=O) groups excluding carboxylic acids is 4. The first-order valence-electron chi connectivity index (χ1n) is 29.2. The van der Waals surface area contributed by atoms with Crippen molar-refractivity contribution in [2.45, 2.75) is 160 Å². The highest BCUT2D eigenvalue weighted by Crippen LogP contribution is 2.72. The van der Waals surface area contributed by atoms with Crippen molar-refractivity contribution >= 4 is 45.3 Å². The topological polar surface area (TPSA) is 187 Å². The second kappa shape index (κ2) is 23.0. The number of aliphatic hydroxyl groups excluding tert-OH is 3. The van der Waals surface area contributed by atoms with Gasteiger partial charge in [0.05, 0.1) is 34.2 Å². The molecule has 12 rings (SSSR count). The summed E-state index contributed by atoms with van der Waals surface area (Å²) in [5, 5.41) is 42.8. The van der Waals surface area contributed by atoms with Crippen LogP contribution in [0.4, 0.5) is 0 Å². The molecular weight excluding hydrogens is 985 g/mol. The Labute approximate surface area is 452 Å². The summed E-state index contributed by atoms with van der Waals surface area (Å²) in [4.78, 5) is 58.7. The quantitative estimate of drug-likeness (QED) is 0.0518. The number of hydrogen-bond acceptors (Lipinski definition) is 14. The van der Waals surface area contributed by atoms with E-state index in [1.807, 2.05) is 10.8 Å². The largest absolute Gasteiger partial charge is 0.427 e. The zero-order valence-corrected chi connectivity index (χ0v) is 45.8. The maximum Gasteiger partial charge on any atom is 0.340 e. The number of hydrogen-bond donors (Lipinski definition) is 6. The van der Waals surface area contributed by atoms with E-state index >= 15 is 4.79 Å². The number of aliphatic hydroxyl groups is 3. The number of imide groups is 1. The van der Waals surface area contributed by atoms with Gasteiger partial charge < -0.3 is 40.7 Å². The molecule has 4 saturated carbocycles. The number of rotatable bonds is 15. The summed E-state index contributed by atoms with van der Waals surface area (Å²) in [7, 11) is 3.57. The molecule has 12 aliphatic rings. The van der Waals surface area contributed by atoms with Crippen molar-refractivity contribution in [2.24, 2.45) is 64.1 Å². The highest BCUT2D eigenvalue weighted by Gasteiger charge is 2.69. The smallest absolute Gasteiger partial charge is 0.340 e. The molecule has 15 heteroatoms. The molecule has 7 bridgehead atoms. The monoisotopic (exact) mass is 1070 g/mol. The van der Waals surface area contributed by atoms with Crippen LogP contribution in [0.5, 0.6) is 0 Å². The average molecular weight is 1070 g/mol. The summed E-state index contributed by atoms with van der Waals surface area (Å²) >= 11 is 0. The van der Waals surface area contributed by atoms with Crippen molar-refractivity contribution < 1.29 is 44.0 Å². The summed E-state index contributed by atoms with van der Waals surface area (Å²) in [6.07, 6.45) is 32.2. The first kappa shape index (κ1) is 53.4. The zero-order chi connectivity index (χ0) is 51.8. The Hall–Kier alpha value is -3.60. The fourth-order valence-corrected chi connectivity index (χ4v) is 19.1. The molecule has 0 aromatic heterocycles. The summed E-state index contributed by atoms with van der Waals surface area (Å²) < 4.78 is 13.3. The van der Waals surface area contributed by atoms with Crippen molar-refractivity contribution in [1.82, 2.24) is 20.9 Å². The van der Waals surface area contributed by atoms with Gasteiger partial charge in [-0.3, -0.25) is 14.5 Å². The molecule has 0 unspecified atom stereocenters. The molecule has 1 spiro atoms. The van der Waals surface area contributed by atoms with Crippen molar-refractivity contribution in [1.29, 1.82) is 0 Å². The predicted molar refractivity (Wildman–Crippen MR) is 291 cm³/mol. The van der Waals surface area contributed by atoms with Gasteiger partial charge in [-0.25, -0.2) is 9.59 Å². The SMILES string of the molecule is CCC1(/C=C2\OC(=O)C3=C2CC[C@H]2[C@@H]4CC[C@@]5(C6=C4[C@@H](CN4C(=O)C=CC4=O)C4=CCNC(=C4)NCSS[C@@H](NC[C@H](O)C4CCCCC4)[C@H](C4CCC(C[C@H](CO)CCCO)CC4)C/C=C/5OC6=O)[C@@H]32)CCCC1. The zero-order valence-electron chi connectivity index (χ0n) is 44.2. The highest BCUT2D eigenvalue weighted by atomic mass is 33.1. The molecule has 9 atom stereocenters. The van der Waals surface area contributed by atoms with Crippen molar-refractivity contribution in [3.8, 4) is 0 Å². The minimum atomic E-state index is -0.958. The summed E-state index contributed by atoms with van der Waals surface area (Å²) in [5.41, 5.74) is 3.27. The Morgan fingerprint density at radius 1 is 0.893 bits per heavy atom. The number of ether oxygens (including phenoxy) is 2. The van der Waals surface area contributed by atoms with Crippen LogP contribution in [0.15, 0.2) is 81.7 Å². The van der Waals surface area contributed by atoms with Gasteiger partial charge in [-0.05, 0) is 173 Å². The highest BCUT2D eigenvalue weighted by molar-refractivity contribution is 8.76. The lowest BCUT2D eigenvalue weighted by Crippen LogP contribution is -2.54. The molecule has 0 aromatic rings. The lowest BCUT2D eigenvalue weighted by atomic mass is 9.43. The van der Waals surface area contributed by atoms with E-state index in [1.165, 1.54) is 23.5 Å². The van der Waals surface area contributed by atoms with Gasteiger partial charge in [0.15, 0.2) is 0 Å². The first-order valence-corrected chi connectivity index (χ1v) is 31.6. The molecule has 2 amide bonds. The van der Waals surface area contributed by atoms with Gasteiger partial charge in [0.25, 0.3) is 11.8 Å². The third-order valence-corrected chi connectivity index (χ3v) is 23.0. The molecular formula is C60H82N4O9S2. The number of nitrogens with zero attached hydrogens (tertiary/aromatic N) is 1.